The molecule has 5 heteroatoms. The van der Waals surface area contributed by atoms with E-state index >= 15 is 0 Å². The van der Waals surface area contributed by atoms with Crippen LogP contribution < -0.4 is 5.32 Å². The minimum atomic E-state index is -0.229. The highest BCUT2D eigenvalue weighted by molar-refractivity contribution is 6.31. The number of rotatable bonds is 2. The Labute approximate surface area is 135 Å². The van der Waals surface area contributed by atoms with Gasteiger partial charge in [-0.05, 0) is 57.4 Å². The molecular weight excluding hydrogens is 300 g/mol. The summed E-state index contributed by atoms with van der Waals surface area (Å²) in [5.74, 6) is -0.248. The van der Waals surface area contributed by atoms with Crippen LogP contribution in [0.4, 0.5) is 0 Å². The number of aromatic hydroxyl groups is 1. The lowest BCUT2D eigenvalue weighted by atomic mass is 9.47. The summed E-state index contributed by atoms with van der Waals surface area (Å²) >= 11 is 5.92. The van der Waals surface area contributed by atoms with Gasteiger partial charge in [0.15, 0.2) is 0 Å². The van der Waals surface area contributed by atoms with Crippen LogP contribution in [0.5, 0.6) is 5.75 Å². The van der Waals surface area contributed by atoms with Crippen molar-refractivity contribution in [3.8, 4) is 5.75 Å². The first-order valence-electron chi connectivity index (χ1n) is 8.02. The highest BCUT2D eigenvalue weighted by Crippen LogP contribution is 2.62. The Bertz CT molecular complexity index is 635. The minimum Gasteiger partial charge on any atom is -0.507 e. The van der Waals surface area contributed by atoms with Crippen molar-refractivity contribution >= 4 is 17.5 Å². The number of nitrogens with zero attached hydrogens (tertiary/aromatic N) is 1. The summed E-state index contributed by atoms with van der Waals surface area (Å²) in [6.07, 6.45) is 5.94. The Morgan fingerprint density at radius 1 is 1.36 bits per heavy atom. The van der Waals surface area contributed by atoms with Crippen molar-refractivity contribution in [1.82, 2.24) is 10.2 Å². The van der Waals surface area contributed by atoms with Gasteiger partial charge in [0.2, 0.25) is 0 Å². The fourth-order valence-corrected chi connectivity index (χ4v) is 5.13. The maximum atomic E-state index is 12.4. The molecular formula is C17H21ClN2O2. The number of amides is 1. The monoisotopic (exact) mass is 320 g/mol. The van der Waals surface area contributed by atoms with E-state index in [1.807, 2.05) is 0 Å². The lowest BCUT2D eigenvalue weighted by molar-refractivity contribution is -0.214. The number of phenols is 1. The van der Waals surface area contributed by atoms with Crippen LogP contribution in [0.2, 0.25) is 5.02 Å². The van der Waals surface area contributed by atoms with E-state index in [2.05, 4.69) is 17.3 Å². The Morgan fingerprint density at radius 3 is 2.86 bits per heavy atom. The molecule has 118 valence electrons. The number of likely N-dealkylation sites (tertiary alicyclic amines) is 1. The van der Waals surface area contributed by atoms with Crippen molar-refractivity contribution in [1.29, 1.82) is 0 Å². The molecule has 2 N–H and O–H groups in total. The minimum absolute atomic E-state index is 0.0194. The molecule has 1 spiro atoms. The zero-order valence-electron chi connectivity index (χ0n) is 12.7. The zero-order chi connectivity index (χ0) is 15.5. The van der Waals surface area contributed by atoms with Gasteiger partial charge in [0.1, 0.15) is 5.75 Å². The Balaban J connectivity index is 1.44. The van der Waals surface area contributed by atoms with Crippen molar-refractivity contribution in [2.45, 2.75) is 50.2 Å². The van der Waals surface area contributed by atoms with Gasteiger partial charge in [-0.3, -0.25) is 9.69 Å². The van der Waals surface area contributed by atoms with E-state index in [0.29, 0.717) is 16.5 Å². The van der Waals surface area contributed by atoms with Gasteiger partial charge in [-0.1, -0.05) is 11.6 Å². The van der Waals surface area contributed by atoms with Crippen molar-refractivity contribution in [2.75, 3.05) is 7.05 Å². The number of piperidine rings is 1. The molecule has 4 rings (SSSR count). The second-order valence-electron chi connectivity index (χ2n) is 7.08. The lowest BCUT2D eigenvalue weighted by Crippen LogP contribution is -2.77. The van der Waals surface area contributed by atoms with Gasteiger partial charge in [0.05, 0.1) is 5.56 Å². The van der Waals surface area contributed by atoms with Gasteiger partial charge in [-0.25, -0.2) is 0 Å². The van der Waals surface area contributed by atoms with E-state index in [0.717, 1.165) is 18.9 Å². The molecule has 3 aliphatic rings. The highest BCUT2D eigenvalue weighted by atomic mass is 35.5. The summed E-state index contributed by atoms with van der Waals surface area (Å²) in [7, 11) is 2.21. The van der Waals surface area contributed by atoms with Crippen LogP contribution in [-0.4, -0.2) is 41.1 Å². The summed E-state index contributed by atoms with van der Waals surface area (Å²) in [6.45, 7) is 0. The molecule has 0 aromatic heterocycles. The van der Waals surface area contributed by atoms with Crippen LogP contribution in [0.25, 0.3) is 0 Å². The smallest absolute Gasteiger partial charge is 0.255 e. The van der Waals surface area contributed by atoms with Gasteiger partial charge in [0.25, 0.3) is 5.91 Å². The number of benzene rings is 1. The van der Waals surface area contributed by atoms with Crippen LogP contribution in [0.15, 0.2) is 18.2 Å². The maximum absolute atomic E-state index is 12.4. The SMILES string of the molecule is CN1C2CCC23CC[C@H](NC(=O)c2cc(Cl)ccc2O)CC13. The summed E-state index contributed by atoms with van der Waals surface area (Å²) < 4.78 is 0. The quantitative estimate of drug-likeness (QED) is 0.881. The third kappa shape index (κ3) is 1.90. The van der Waals surface area contributed by atoms with Gasteiger partial charge in [-0.15, -0.1) is 0 Å². The molecule has 1 amide bonds. The molecule has 3 unspecified atom stereocenters. The summed E-state index contributed by atoms with van der Waals surface area (Å²) in [6, 6.07) is 6.15. The van der Waals surface area contributed by atoms with Crippen molar-refractivity contribution in [2.24, 2.45) is 5.41 Å². The summed E-state index contributed by atoms with van der Waals surface area (Å²) in [4.78, 5) is 14.9. The molecule has 0 bridgehead atoms. The number of phenolic OH excluding ortho intramolecular Hbond substituents is 1. The van der Waals surface area contributed by atoms with E-state index < -0.39 is 0 Å². The fourth-order valence-electron chi connectivity index (χ4n) is 4.96. The molecule has 4 nitrogen and oxygen atoms in total. The third-order valence-electron chi connectivity index (χ3n) is 6.20. The second kappa shape index (κ2) is 4.87. The Morgan fingerprint density at radius 2 is 2.14 bits per heavy atom. The number of halogens is 1. The topological polar surface area (TPSA) is 52.6 Å². The van der Waals surface area contributed by atoms with Crippen LogP contribution in [0, 0.1) is 5.41 Å². The van der Waals surface area contributed by atoms with E-state index in [4.69, 9.17) is 11.6 Å². The predicted octanol–water partition coefficient (Wildman–Crippen LogP) is 2.79. The predicted molar refractivity (Wildman–Crippen MR) is 85.2 cm³/mol. The first-order chi connectivity index (χ1) is 10.5. The fraction of sp³-hybridized carbons (Fsp3) is 0.588. The van der Waals surface area contributed by atoms with Crippen LogP contribution in [-0.2, 0) is 0 Å². The molecule has 3 fully saturated rings. The molecule has 1 aromatic rings. The van der Waals surface area contributed by atoms with Gasteiger partial charge >= 0.3 is 0 Å². The van der Waals surface area contributed by atoms with E-state index in [9.17, 15) is 9.90 Å². The lowest BCUT2D eigenvalue weighted by Gasteiger charge is -2.72. The average Bonchev–Trinajstić information content (AvgIpc) is 2.48. The molecule has 1 aromatic carbocycles. The summed E-state index contributed by atoms with van der Waals surface area (Å²) in [5, 5.41) is 13.4. The number of nitrogens with one attached hydrogen (secondary N) is 1. The van der Waals surface area contributed by atoms with Gasteiger partial charge < -0.3 is 10.4 Å². The van der Waals surface area contributed by atoms with Crippen molar-refractivity contribution in [3.63, 3.8) is 0 Å². The molecule has 22 heavy (non-hydrogen) atoms. The number of carbonyl (C=O) groups is 1. The van der Waals surface area contributed by atoms with Crippen molar-refractivity contribution in [3.05, 3.63) is 28.8 Å². The van der Waals surface area contributed by atoms with Crippen LogP contribution >= 0.6 is 11.6 Å². The van der Waals surface area contributed by atoms with Crippen molar-refractivity contribution < 1.29 is 9.90 Å². The van der Waals surface area contributed by atoms with Crippen LogP contribution in [0.1, 0.15) is 42.5 Å². The zero-order valence-corrected chi connectivity index (χ0v) is 13.4. The second-order valence-corrected chi connectivity index (χ2v) is 7.51. The normalized spacial score (nSPS) is 36.5. The number of carbonyl (C=O) groups excluding carboxylic acids is 1. The Hall–Kier alpha value is -1.26. The molecule has 4 atom stereocenters. The number of hydrogen-bond acceptors (Lipinski definition) is 3. The third-order valence-corrected chi connectivity index (χ3v) is 6.43. The van der Waals surface area contributed by atoms with E-state index in [1.54, 1.807) is 6.07 Å². The molecule has 1 heterocycles. The largest absolute Gasteiger partial charge is 0.507 e. The first-order valence-corrected chi connectivity index (χ1v) is 8.40. The van der Waals surface area contributed by atoms with Crippen LogP contribution in [0.3, 0.4) is 0 Å². The molecule has 0 radical (unpaired) electrons. The van der Waals surface area contributed by atoms with Gasteiger partial charge in [-0.2, -0.15) is 0 Å². The summed E-state index contributed by atoms with van der Waals surface area (Å²) in [5.41, 5.74) is 0.810. The molecule has 2 aliphatic carbocycles. The number of hydrogen-bond donors (Lipinski definition) is 2. The molecule has 2 saturated carbocycles. The maximum Gasteiger partial charge on any atom is 0.255 e. The van der Waals surface area contributed by atoms with E-state index in [1.165, 1.54) is 31.4 Å². The first kappa shape index (κ1) is 14.3. The highest BCUT2D eigenvalue weighted by Gasteiger charge is 2.65. The Kier molecular flexibility index (Phi) is 3.17. The average molecular weight is 321 g/mol. The molecule has 1 saturated heterocycles. The van der Waals surface area contributed by atoms with E-state index in [-0.39, 0.29) is 23.3 Å². The van der Waals surface area contributed by atoms with Gasteiger partial charge in [0, 0.05) is 28.6 Å². The standard InChI is InChI=1S/C17H21ClN2O2/c1-20-14-5-7-17(14)6-4-11(9-15(17)20)19-16(22)12-8-10(18)2-3-13(12)21/h2-3,8,11,14-15,21H,4-7,9H2,1H3,(H,19,22)/t11-,14?,15?,17?/m0/s1. The molecule has 1 aliphatic heterocycles.